The average molecular weight is 649 g/mol. The van der Waals surface area contributed by atoms with E-state index in [2.05, 4.69) is 13.8 Å². The van der Waals surface area contributed by atoms with Crippen LogP contribution in [0.15, 0.2) is 0 Å². The Morgan fingerprint density at radius 2 is 0.478 bits per heavy atom. The van der Waals surface area contributed by atoms with Crippen molar-refractivity contribution in [1.29, 1.82) is 0 Å². The van der Waals surface area contributed by atoms with E-state index in [9.17, 15) is 4.79 Å². The molecule has 2 heteroatoms. The van der Waals surface area contributed by atoms with Gasteiger partial charge in [0.1, 0.15) is 0 Å². The van der Waals surface area contributed by atoms with Gasteiger partial charge in [0.2, 0.25) is 0 Å². The standard InChI is InChI=1S/C44H88O2/c1-3-5-7-9-11-13-15-16-17-18-19-20-21-22-23-24-25-26-27-28-29-30-31-33-35-37-39-41-43-46-44(45)42-40-38-36-34-32-14-12-10-8-6-4-2/h3-43H2,1-2H3. The Morgan fingerprint density at radius 1 is 0.283 bits per heavy atom. The fourth-order valence-corrected chi connectivity index (χ4v) is 6.96. The first-order chi connectivity index (χ1) is 22.8. The maximum Gasteiger partial charge on any atom is 0.305 e. The molecule has 0 unspecified atom stereocenters. The maximum absolute atomic E-state index is 11.9. The number of carbonyl (C=O) groups is 1. The molecule has 276 valence electrons. The molecule has 0 atom stereocenters. The topological polar surface area (TPSA) is 26.3 Å². The molecule has 0 spiro atoms. The molecule has 0 aliphatic rings. The van der Waals surface area contributed by atoms with Crippen LogP contribution in [0.4, 0.5) is 0 Å². The van der Waals surface area contributed by atoms with Crippen LogP contribution in [0, 0.1) is 0 Å². The second kappa shape index (κ2) is 42.5. The Bertz CT molecular complexity index is 544. The zero-order valence-corrected chi connectivity index (χ0v) is 32.3. The smallest absolute Gasteiger partial charge is 0.305 e. The molecule has 0 aromatic heterocycles. The summed E-state index contributed by atoms with van der Waals surface area (Å²) >= 11 is 0. The van der Waals surface area contributed by atoms with E-state index < -0.39 is 0 Å². The molecule has 0 amide bonds. The number of carbonyl (C=O) groups excluding carboxylic acids is 1. The van der Waals surface area contributed by atoms with Crippen molar-refractivity contribution < 1.29 is 9.53 Å². The van der Waals surface area contributed by atoms with Crippen LogP contribution >= 0.6 is 0 Å². The molecule has 0 aliphatic heterocycles. The third-order valence-corrected chi connectivity index (χ3v) is 10.2. The first kappa shape index (κ1) is 45.5. The molecular formula is C44H88O2. The van der Waals surface area contributed by atoms with Crippen LogP contribution in [-0.4, -0.2) is 12.6 Å². The Balaban J connectivity index is 3.11. The summed E-state index contributed by atoms with van der Waals surface area (Å²) in [6.07, 6.45) is 55.0. The molecule has 0 bridgehead atoms. The minimum absolute atomic E-state index is 0.0287. The van der Waals surface area contributed by atoms with Crippen LogP contribution in [0.1, 0.15) is 271 Å². The van der Waals surface area contributed by atoms with Crippen LogP contribution in [0.3, 0.4) is 0 Å². The van der Waals surface area contributed by atoms with Crippen molar-refractivity contribution in [2.45, 2.75) is 271 Å². The molecule has 0 aliphatic carbocycles. The summed E-state index contributed by atoms with van der Waals surface area (Å²) in [5.74, 6) is 0.0287. The second-order valence-corrected chi connectivity index (χ2v) is 15.1. The first-order valence-corrected chi connectivity index (χ1v) is 22.0. The number of esters is 1. The van der Waals surface area contributed by atoms with Gasteiger partial charge in [0, 0.05) is 6.42 Å². The van der Waals surface area contributed by atoms with Crippen LogP contribution in [0.5, 0.6) is 0 Å². The molecule has 0 rings (SSSR count). The molecule has 0 fully saturated rings. The molecule has 0 saturated carbocycles. The SMILES string of the molecule is CCCCCCCCCCCCCCCCCCCCCCCCCCCCCCOC(=O)CCCCCCCCCCCCC. The van der Waals surface area contributed by atoms with E-state index in [1.165, 1.54) is 238 Å². The highest BCUT2D eigenvalue weighted by Crippen LogP contribution is 2.17. The molecule has 2 nitrogen and oxygen atoms in total. The quantitative estimate of drug-likeness (QED) is 0.0487. The summed E-state index contributed by atoms with van der Waals surface area (Å²) in [4.78, 5) is 11.9. The van der Waals surface area contributed by atoms with Gasteiger partial charge >= 0.3 is 5.97 Å². The van der Waals surface area contributed by atoms with E-state index in [-0.39, 0.29) is 5.97 Å². The Hall–Kier alpha value is -0.530. The molecule has 46 heavy (non-hydrogen) atoms. The van der Waals surface area contributed by atoms with Gasteiger partial charge in [0.25, 0.3) is 0 Å². The third-order valence-electron chi connectivity index (χ3n) is 10.2. The van der Waals surface area contributed by atoms with E-state index in [0.29, 0.717) is 13.0 Å². The lowest BCUT2D eigenvalue weighted by Gasteiger charge is -2.06. The summed E-state index contributed by atoms with van der Waals surface area (Å²) < 4.78 is 5.45. The van der Waals surface area contributed by atoms with Crippen LogP contribution in [0.25, 0.3) is 0 Å². The average Bonchev–Trinajstić information content (AvgIpc) is 3.06. The highest BCUT2D eigenvalue weighted by molar-refractivity contribution is 5.69. The van der Waals surface area contributed by atoms with Crippen molar-refractivity contribution in [3.05, 3.63) is 0 Å². The van der Waals surface area contributed by atoms with Crippen molar-refractivity contribution in [2.24, 2.45) is 0 Å². The molecule has 0 aromatic carbocycles. The fraction of sp³-hybridized carbons (Fsp3) is 0.977. The van der Waals surface area contributed by atoms with Gasteiger partial charge in [-0.15, -0.1) is 0 Å². The van der Waals surface area contributed by atoms with Gasteiger partial charge in [-0.3, -0.25) is 4.79 Å². The molecule has 0 aromatic rings. The lowest BCUT2D eigenvalue weighted by atomic mass is 10.0. The minimum Gasteiger partial charge on any atom is -0.466 e. The summed E-state index contributed by atoms with van der Waals surface area (Å²) in [5, 5.41) is 0. The van der Waals surface area contributed by atoms with Crippen molar-refractivity contribution in [3.8, 4) is 0 Å². The predicted octanol–water partition coefficient (Wildman–Crippen LogP) is 16.2. The highest BCUT2D eigenvalue weighted by atomic mass is 16.5. The zero-order valence-electron chi connectivity index (χ0n) is 32.3. The Morgan fingerprint density at radius 3 is 0.717 bits per heavy atom. The summed E-state index contributed by atoms with van der Waals surface area (Å²) in [6.45, 7) is 5.22. The van der Waals surface area contributed by atoms with Crippen molar-refractivity contribution >= 4 is 5.97 Å². The highest BCUT2D eigenvalue weighted by Gasteiger charge is 2.03. The van der Waals surface area contributed by atoms with Crippen molar-refractivity contribution in [1.82, 2.24) is 0 Å². The summed E-state index contributed by atoms with van der Waals surface area (Å²) in [7, 11) is 0. The molecule has 0 saturated heterocycles. The van der Waals surface area contributed by atoms with Crippen molar-refractivity contribution in [3.63, 3.8) is 0 Å². The van der Waals surface area contributed by atoms with Crippen molar-refractivity contribution in [2.75, 3.05) is 6.61 Å². The molecule has 0 radical (unpaired) electrons. The summed E-state index contributed by atoms with van der Waals surface area (Å²) in [6, 6.07) is 0. The molecule has 0 N–H and O–H groups in total. The monoisotopic (exact) mass is 649 g/mol. The molecular weight excluding hydrogens is 560 g/mol. The lowest BCUT2D eigenvalue weighted by Crippen LogP contribution is -2.05. The fourth-order valence-electron chi connectivity index (χ4n) is 6.96. The first-order valence-electron chi connectivity index (χ1n) is 22.0. The van der Waals surface area contributed by atoms with Gasteiger partial charge in [-0.25, -0.2) is 0 Å². The van der Waals surface area contributed by atoms with E-state index in [0.717, 1.165) is 12.8 Å². The number of ether oxygens (including phenoxy) is 1. The van der Waals surface area contributed by atoms with Gasteiger partial charge in [0.15, 0.2) is 0 Å². The predicted molar refractivity (Wildman–Crippen MR) is 207 cm³/mol. The number of hydrogen-bond acceptors (Lipinski definition) is 2. The Kier molecular flexibility index (Phi) is 42.0. The second-order valence-electron chi connectivity index (χ2n) is 15.1. The largest absolute Gasteiger partial charge is 0.466 e. The number of unbranched alkanes of at least 4 members (excludes halogenated alkanes) is 37. The maximum atomic E-state index is 11.9. The van der Waals surface area contributed by atoms with E-state index in [1.54, 1.807) is 0 Å². The lowest BCUT2D eigenvalue weighted by molar-refractivity contribution is -0.143. The molecule has 0 heterocycles. The number of hydrogen-bond donors (Lipinski definition) is 0. The third kappa shape index (κ3) is 41.5. The van der Waals surface area contributed by atoms with Gasteiger partial charge in [-0.1, -0.05) is 251 Å². The van der Waals surface area contributed by atoms with Crippen LogP contribution in [-0.2, 0) is 9.53 Å². The normalized spacial score (nSPS) is 11.4. The minimum atomic E-state index is 0.0287. The Labute approximate surface area is 292 Å². The van der Waals surface area contributed by atoms with E-state index in [1.807, 2.05) is 0 Å². The van der Waals surface area contributed by atoms with Crippen LogP contribution in [0.2, 0.25) is 0 Å². The van der Waals surface area contributed by atoms with Gasteiger partial charge in [-0.2, -0.15) is 0 Å². The van der Waals surface area contributed by atoms with Gasteiger partial charge in [-0.05, 0) is 12.8 Å². The van der Waals surface area contributed by atoms with E-state index >= 15 is 0 Å². The van der Waals surface area contributed by atoms with E-state index in [4.69, 9.17) is 4.74 Å². The summed E-state index contributed by atoms with van der Waals surface area (Å²) in [5.41, 5.74) is 0. The van der Waals surface area contributed by atoms with Gasteiger partial charge in [0.05, 0.1) is 6.61 Å². The zero-order chi connectivity index (χ0) is 33.3. The van der Waals surface area contributed by atoms with Gasteiger partial charge < -0.3 is 4.74 Å². The number of rotatable bonds is 41. The van der Waals surface area contributed by atoms with Crippen LogP contribution < -0.4 is 0 Å².